The molecule has 1 aliphatic rings. The van der Waals surface area contributed by atoms with Crippen LogP contribution in [-0.2, 0) is 6.54 Å². The van der Waals surface area contributed by atoms with Crippen molar-refractivity contribution < 1.29 is 14.4 Å². The van der Waals surface area contributed by atoms with Crippen LogP contribution in [0.15, 0.2) is 34.9 Å². The fraction of sp³-hybridized carbons (Fsp3) is 0.438. The number of aromatic nitrogens is 1. The molecule has 23 heavy (non-hydrogen) atoms. The minimum Gasteiger partial charge on any atom is -0.444 e. The number of hydrogen-bond acceptors (Lipinski definition) is 6. The van der Waals surface area contributed by atoms with Crippen molar-refractivity contribution in [3.8, 4) is 11.5 Å². The zero-order valence-electron chi connectivity index (χ0n) is 12.9. The second kappa shape index (κ2) is 6.47. The van der Waals surface area contributed by atoms with Gasteiger partial charge < -0.3 is 9.52 Å². The van der Waals surface area contributed by atoms with Gasteiger partial charge in [-0.1, -0.05) is 0 Å². The van der Waals surface area contributed by atoms with Gasteiger partial charge >= 0.3 is 0 Å². The Morgan fingerprint density at radius 1 is 1.48 bits per heavy atom. The van der Waals surface area contributed by atoms with Gasteiger partial charge in [0.05, 0.1) is 16.7 Å². The van der Waals surface area contributed by atoms with Crippen molar-refractivity contribution in [2.24, 2.45) is 5.92 Å². The number of nitrogens with zero attached hydrogens (tertiary/aromatic N) is 3. The monoisotopic (exact) mass is 317 g/mol. The van der Waals surface area contributed by atoms with Crippen molar-refractivity contribution in [1.29, 1.82) is 0 Å². The van der Waals surface area contributed by atoms with Crippen molar-refractivity contribution >= 4 is 5.69 Å². The summed E-state index contributed by atoms with van der Waals surface area (Å²) in [7, 11) is 0. The molecule has 0 spiro atoms. The van der Waals surface area contributed by atoms with E-state index in [1.807, 2.05) is 6.92 Å². The molecule has 0 bridgehead atoms. The quantitative estimate of drug-likeness (QED) is 0.672. The summed E-state index contributed by atoms with van der Waals surface area (Å²) in [6, 6.07) is 6.14. The number of likely N-dealkylation sites (tertiary alicyclic amines) is 1. The van der Waals surface area contributed by atoms with E-state index in [1.165, 1.54) is 12.1 Å². The van der Waals surface area contributed by atoms with Crippen LogP contribution in [0.2, 0.25) is 0 Å². The van der Waals surface area contributed by atoms with Gasteiger partial charge in [0.25, 0.3) is 5.69 Å². The Hall–Kier alpha value is -2.25. The summed E-state index contributed by atoms with van der Waals surface area (Å²) in [4.78, 5) is 16.9. The topological polar surface area (TPSA) is 92.6 Å². The molecular formula is C16H19N3O4. The average molecular weight is 317 g/mol. The summed E-state index contributed by atoms with van der Waals surface area (Å²) in [6.45, 7) is 4.31. The highest BCUT2D eigenvalue weighted by atomic mass is 16.6. The van der Waals surface area contributed by atoms with Gasteiger partial charge in [-0.15, -0.1) is 0 Å². The van der Waals surface area contributed by atoms with Crippen molar-refractivity contribution in [3.05, 3.63) is 46.3 Å². The van der Waals surface area contributed by atoms with Crippen LogP contribution in [0.4, 0.5) is 5.69 Å². The van der Waals surface area contributed by atoms with Crippen LogP contribution in [0, 0.1) is 16.0 Å². The Bertz CT molecular complexity index is 681. The Labute approximate surface area is 133 Å². The van der Waals surface area contributed by atoms with E-state index in [4.69, 9.17) is 4.42 Å². The van der Waals surface area contributed by atoms with Crippen LogP contribution < -0.4 is 0 Å². The third-order valence-electron chi connectivity index (χ3n) is 4.25. The standard InChI is InChI=1S/C16H19N3O4/c1-11(20)13-6-7-18(8-13)9-14-10-23-16(17-14)12-2-4-15(5-3-12)19(21)22/h2-5,10-11,13,20H,6-9H2,1H3. The maximum absolute atomic E-state index is 10.7. The summed E-state index contributed by atoms with van der Waals surface area (Å²) in [5, 5.41) is 20.3. The fourth-order valence-corrected chi connectivity index (χ4v) is 2.87. The third-order valence-corrected chi connectivity index (χ3v) is 4.25. The molecule has 1 saturated heterocycles. The maximum Gasteiger partial charge on any atom is 0.269 e. The van der Waals surface area contributed by atoms with E-state index in [0.717, 1.165) is 25.2 Å². The first-order valence-corrected chi connectivity index (χ1v) is 7.62. The molecule has 1 aromatic heterocycles. The van der Waals surface area contributed by atoms with E-state index in [-0.39, 0.29) is 11.8 Å². The number of aliphatic hydroxyl groups is 1. The number of nitro groups is 1. The van der Waals surface area contributed by atoms with Crippen molar-refractivity contribution in [1.82, 2.24) is 9.88 Å². The summed E-state index contributed by atoms with van der Waals surface area (Å²) in [5.41, 5.74) is 1.58. The lowest BCUT2D eigenvalue weighted by Crippen LogP contribution is -2.24. The summed E-state index contributed by atoms with van der Waals surface area (Å²) in [6.07, 6.45) is 2.32. The zero-order chi connectivity index (χ0) is 16.4. The smallest absolute Gasteiger partial charge is 0.269 e. The number of benzene rings is 1. The normalized spacial score (nSPS) is 19.8. The van der Waals surface area contributed by atoms with Gasteiger partial charge in [0.2, 0.25) is 5.89 Å². The molecule has 2 aromatic rings. The third kappa shape index (κ3) is 3.57. The molecule has 7 heteroatoms. The first kappa shape index (κ1) is 15.6. The van der Waals surface area contributed by atoms with Gasteiger partial charge in [0, 0.05) is 30.8 Å². The second-order valence-corrected chi connectivity index (χ2v) is 5.97. The zero-order valence-corrected chi connectivity index (χ0v) is 12.9. The number of hydrogen-bond donors (Lipinski definition) is 1. The lowest BCUT2D eigenvalue weighted by atomic mass is 10.0. The minimum absolute atomic E-state index is 0.0433. The van der Waals surface area contributed by atoms with Crippen molar-refractivity contribution in [2.45, 2.75) is 26.0 Å². The largest absolute Gasteiger partial charge is 0.444 e. The first-order valence-electron chi connectivity index (χ1n) is 7.62. The Morgan fingerprint density at radius 3 is 2.83 bits per heavy atom. The average Bonchev–Trinajstić information content (AvgIpc) is 3.17. The Kier molecular flexibility index (Phi) is 4.40. The summed E-state index contributed by atoms with van der Waals surface area (Å²) < 4.78 is 5.48. The van der Waals surface area contributed by atoms with Crippen LogP contribution in [0.25, 0.3) is 11.5 Å². The van der Waals surface area contributed by atoms with E-state index < -0.39 is 4.92 Å². The number of non-ortho nitro benzene ring substituents is 1. The van der Waals surface area contributed by atoms with Gasteiger partial charge in [0.1, 0.15) is 6.26 Å². The molecule has 1 fully saturated rings. The molecule has 3 rings (SSSR count). The molecule has 2 heterocycles. The second-order valence-electron chi connectivity index (χ2n) is 5.97. The minimum atomic E-state index is -0.434. The van der Waals surface area contributed by atoms with Crippen LogP contribution in [0.3, 0.4) is 0 Å². The van der Waals surface area contributed by atoms with Crippen molar-refractivity contribution in [2.75, 3.05) is 13.1 Å². The van der Waals surface area contributed by atoms with Gasteiger partial charge in [-0.3, -0.25) is 15.0 Å². The number of oxazole rings is 1. The summed E-state index contributed by atoms with van der Waals surface area (Å²) >= 11 is 0. The fourth-order valence-electron chi connectivity index (χ4n) is 2.87. The molecule has 0 aliphatic carbocycles. The highest BCUT2D eigenvalue weighted by molar-refractivity contribution is 5.55. The molecule has 7 nitrogen and oxygen atoms in total. The highest BCUT2D eigenvalue weighted by Gasteiger charge is 2.26. The molecule has 2 unspecified atom stereocenters. The molecular weight excluding hydrogens is 298 g/mol. The number of rotatable bonds is 5. The van der Waals surface area contributed by atoms with E-state index in [9.17, 15) is 15.2 Å². The SMILES string of the molecule is CC(O)C1CCN(Cc2coc(-c3ccc([N+](=O)[O-])cc3)n2)C1. The Morgan fingerprint density at radius 2 is 2.22 bits per heavy atom. The van der Waals surface area contributed by atoms with E-state index in [0.29, 0.717) is 23.9 Å². The lowest BCUT2D eigenvalue weighted by Gasteiger charge is -2.15. The maximum atomic E-state index is 10.7. The lowest BCUT2D eigenvalue weighted by molar-refractivity contribution is -0.384. The number of aliphatic hydroxyl groups excluding tert-OH is 1. The highest BCUT2D eigenvalue weighted by Crippen LogP contribution is 2.24. The Balaban J connectivity index is 1.65. The predicted octanol–water partition coefficient (Wildman–Crippen LogP) is 2.45. The van der Waals surface area contributed by atoms with Crippen LogP contribution in [-0.4, -0.2) is 39.1 Å². The molecule has 1 N–H and O–H groups in total. The van der Waals surface area contributed by atoms with Gasteiger partial charge in [-0.2, -0.15) is 0 Å². The molecule has 0 amide bonds. The van der Waals surface area contributed by atoms with E-state index >= 15 is 0 Å². The van der Waals surface area contributed by atoms with Crippen molar-refractivity contribution in [3.63, 3.8) is 0 Å². The van der Waals surface area contributed by atoms with Crippen LogP contribution in [0.1, 0.15) is 19.0 Å². The van der Waals surface area contributed by atoms with Gasteiger partial charge in [-0.25, -0.2) is 4.98 Å². The van der Waals surface area contributed by atoms with Crippen LogP contribution >= 0.6 is 0 Å². The van der Waals surface area contributed by atoms with Gasteiger partial charge in [0.15, 0.2) is 0 Å². The van der Waals surface area contributed by atoms with E-state index in [1.54, 1.807) is 18.4 Å². The van der Waals surface area contributed by atoms with Gasteiger partial charge in [-0.05, 0) is 37.9 Å². The molecule has 2 atom stereocenters. The molecule has 1 aromatic carbocycles. The molecule has 122 valence electrons. The molecule has 1 aliphatic heterocycles. The first-order chi connectivity index (χ1) is 11.0. The number of nitro benzene ring substituents is 1. The van der Waals surface area contributed by atoms with E-state index in [2.05, 4.69) is 9.88 Å². The van der Waals surface area contributed by atoms with Crippen LogP contribution in [0.5, 0.6) is 0 Å². The molecule has 0 saturated carbocycles. The predicted molar refractivity (Wildman–Crippen MR) is 83.7 cm³/mol. The summed E-state index contributed by atoms with van der Waals surface area (Å²) in [5.74, 6) is 0.775. The molecule has 0 radical (unpaired) electrons.